The second-order valence-corrected chi connectivity index (χ2v) is 4.71. The third-order valence-electron chi connectivity index (χ3n) is 3.45. The van der Waals surface area contributed by atoms with Gasteiger partial charge in [-0.3, -0.25) is 4.98 Å². The van der Waals surface area contributed by atoms with Gasteiger partial charge in [-0.1, -0.05) is 0 Å². The third kappa shape index (κ3) is 2.07. The number of fused-ring (bicyclic) bond motifs is 1. The van der Waals surface area contributed by atoms with Crippen LogP contribution in [-0.4, -0.2) is 21.6 Å². The number of methoxy groups -OCH3 is 1. The summed E-state index contributed by atoms with van der Waals surface area (Å²) in [5.74, 6) is 1.30. The van der Waals surface area contributed by atoms with Crippen LogP contribution in [0.1, 0.15) is 11.1 Å². The zero-order chi connectivity index (χ0) is 14.1. The summed E-state index contributed by atoms with van der Waals surface area (Å²) in [6.45, 7) is 2.71. The first-order valence-electron chi connectivity index (χ1n) is 6.38. The fourth-order valence-corrected chi connectivity index (χ4v) is 2.26. The van der Waals surface area contributed by atoms with Crippen LogP contribution >= 0.6 is 0 Å². The minimum absolute atomic E-state index is 0.504. The summed E-state index contributed by atoms with van der Waals surface area (Å²) in [6, 6.07) is 7.76. The van der Waals surface area contributed by atoms with Crippen molar-refractivity contribution in [2.45, 2.75) is 13.5 Å². The van der Waals surface area contributed by atoms with Crippen LogP contribution in [0.5, 0.6) is 5.75 Å². The van der Waals surface area contributed by atoms with Crippen molar-refractivity contribution in [1.29, 1.82) is 0 Å². The Kier molecular flexibility index (Phi) is 3.02. The summed E-state index contributed by atoms with van der Waals surface area (Å²) < 4.78 is 7.25. The lowest BCUT2D eigenvalue weighted by molar-refractivity contribution is 0.415. The summed E-state index contributed by atoms with van der Waals surface area (Å²) in [5.41, 5.74) is 10.2. The maximum absolute atomic E-state index is 6.04. The van der Waals surface area contributed by atoms with Crippen LogP contribution in [0.4, 0.5) is 5.95 Å². The quantitative estimate of drug-likeness (QED) is 0.792. The normalized spacial score (nSPS) is 10.9. The molecule has 2 N–H and O–H groups in total. The highest BCUT2D eigenvalue weighted by Crippen LogP contribution is 2.24. The molecular weight excluding hydrogens is 252 g/mol. The first-order chi connectivity index (χ1) is 9.69. The van der Waals surface area contributed by atoms with Crippen LogP contribution in [0, 0.1) is 6.92 Å². The number of aryl methyl sites for hydroxylation is 1. The van der Waals surface area contributed by atoms with Gasteiger partial charge in [0.25, 0.3) is 0 Å². The number of benzene rings is 1. The Bertz CT molecular complexity index is 764. The molecule has 1 aromatic carbocycles. The first-order valence-corrected chi connectivity index (χ1v) is 6.38. The Morgan fingerprint density at radius 3 is 2.90 bits per heavy atom. The van der Waals surface area contributed by atoms with Gasteiger partial charge in [0.2, 0.25) is 5.95 Å². The van der Waals surface area contributed by atoms with Crippen molar-refractivity contribution in [2.24, 2.45) is 0 Å². The lowest BCUT2D eigenvalue weighted by Crippen LogP contribution is -2.06. The van der Waals surface area contributed by atoms with Crippen molar-refractivity contribution in [3.8, 4) is 5.75 Å². The van der Waals surface area contributed by atoms with E-state index >= 15 is 0 Å². The number of hydrogen-bond acceptors (Lipinski definition) is 4. The van der Waals surface area contributed by atoms with Crippen molar-refractivity contribution in [3.63, 3.8) is 0 Å². The summed E-state index contributed by atoms with van der Waals surface area (Å²) in [6.07, 6.45) is 3.64. The lowest BCUT2D eigenvalue weighted by atomic mass is 10.1. The molecule has 102 valence electrons. The van der Waals surface area contributed by atoms with Gasteiger partial charge in [0.15, 0.2) is 0 Å². The number of nitrogen functional groups attached to an aromatic ring is 1. The van der Waals surface area contributed by atoms with Crippen LogP contribution in [0.2, 0.25) is 0 Å². The van der Waals surface area contributed by atoms with Crippen LogP contribution in [0.15, 0.2) is 36.7 Å². The van der Waals surface area contributed by atoms with Crippen LogP contribution < -0.4 is 10.5 Å². The number of nitrogens with zero attached hydrogens (tertiary/aromatic N) is 3. The Hall–Kier alpha value is -2.56. The van der Waals surface area contributed by atoms with Gasteiger partial charge < -0.3 is 15.0 Å². The highest BCUT2D eigenvalue weighted by molar-refractivity contribution is 5.80. The van der Waals surface area contributed by atoms with Gasteiger partial charge in [-0.25, -0.2) is 4.98 Å². The van der Waals surface area contributed by atoms with E-state index in [-0.39, 0.29) is 0 Å². The molecule has 3 rings (SSSR count). The van der Waals surface area contributed by atoms with E-state index in [1.165, 1.54) is 5.56 Å². The van der Waals surface area contributed by atoms with E-state index in [0.717, 1.165) is 22.3 Å². The van der Waals surface area contributed by atoms with E-state index in [4.69, 9.17) is 10.5 Å². The summed E-state index contributed by atoms with van der Waals surface area (Å²) >= 11 is 0. The van der Waals surface area contributed by atoms with E-state index in [0.29, 0.717) is 12.5 Å². The zero-order valence-corrected chi connectivity index (χ0v) is 11.5. The van der Waals surface area contributed by atoms with E-state index in [2.05, 4.69) is 9.97 Å². The molecule has 20 heavy (non-hydrogen) atoms. The van der Waals surface area contributed by atoms with Crippen molar-refractivity contribution in [3.05, 3.63) is 47.8 Å². The van der Waals surface area contributed by atoms with Gasteiger partial charge in [0, 0.05) is 18.5 Å². The molecule has 0 saturated carbocycles. The van der Waals surface area contributed by atoms with Crippen molar-refractivity contribution in [2.75, 3.05) is 12.8 Å². The topological polar surface area (TPSA) is 66.0 Å². The molecule has 0 unspecified atom stereocenters. The fourth-order valence-electron chi connectivity index (χ4n) is 2.26. The molecule has 0 saturated heterocycles. The van der Waals surface area contributed by atoms with Gasteiger partial charge in [-0.15, -0.1) is 0 Å². The van der Waals surface area contributed by atoms with Gasteiger partial charge in [-0.05, 0) is 36.2 Å². The van der Waals surface area contributed by atoms with E-state index in [9.17, 15) is 0 Å². The first kappa shape index (κ1) is 12.5. The summed E-state index contributed by atoms with van der Waals surface area (Å²) in [7, 11) is 1.65. The average Bonchev–Trinajstić information content (AvgIpc) is 2.77. The minimum atomic E-state index is 0.504. The number of nitrogens with two attached hydrogens (primary N) is 1. The molecule has 5 nitrogen and oxygen atoms in total. The highest BCUT2D eigenvalue weighted by atomic mass is 16.5. The minimum Gasteiger partial charge on any atom is -0.497 e. The summed E-state index contributed by atoms with van der Waals surface area (Å²) in [5, 5.41) is 0. The molecule has 0 aliphatic heterocycles. The molecule has 0 aliphatic rings. The highest BCUT2D eigenvalue weighted by Gasteiger charge is 2.10. The smallest absolute Gasteiger partial charge is 0.201 e. The molecule has 0 atom stereocenters. The van der Waals surface area contributed by atoms with E-state index in [1.807, 2.05) is 42.0 Å². The Morgan fingerprint density at radius 1 is 1.30 bits per heavy atom. The number of ether oxygens (including phenoxy) is 1. The zero-order valence-electron chi connectivity index (χ0n) is 11.5. The molecule has 0 aliphatic carbocycles. The average molecular weight is 268 g/mol. The largest absolute Gasteiger partial charge is 0.497 e. The number of hydrogen-bond donors (Lipinski definition) is 1. The van der Waals surface area contributed by atoms with E-state index < -0.39 is 0 Å². The second-order valence-electron chi connectivity index (χ2n) is 4.71. The van der Waals surface area contributed by atoms with Crippen molar-refractivity contribution < 1.29 is 4.74 Å². The molecule has 0 amide bonds. The predicted octanol–water partition coefficient (Wildman–Crippen LogP) is 2.38. The Morgan fingerprint density at radius 2 is 2.15 bits per heavy atom. The van der Waals surface area contributed by atoms with Crippen LogP contribution in [0.25, 0.3) is 11.0 Å². The number of pyridine rings is 1. The number of aromatic nitrogens is 3. The molecule has 0 radical (unpaired) electrons. The van der Waals surface area contributed by atoms with E-state index in [1.54, 1.807) is 13.3 Å². The lowest BCUT2D eigenvalue weighted by Gasteiger charge is -2.09. The number of rotatable bonds is 3. The molecule has 5 heteroatoms. The maximum atomic E-state index is 6.04. The molecule has 0 fully saturated rings. The Balaban J connectivity index is 2.11. The van der Waals surface area contributed by atoms with Crippen molar-refractivity contribution >= 4 is 17.0 Å². The maximum Gasteiger partial charge on any atom is 0.201 e. The SMILES string of the molecule is COc1ccc2nc(N)n(Cc3ccncc3C)c2c1. The predicted molar refractivity (Wildman–Crippen MR) is 78.8 cm³/mol. The van der Waals surface area contributed by atoms with Gasteiger partial charge in [-0.2, -0.15) is 0 Å². The molecule has 2 heterocycles. The molecule has 0 spiro atoms. The molecular formula is C15H16N4O. The third-order valence-corrected chi connectivity index (χ3v) is 3.45. The monoisotopic (exact) mass is 268 g/mol. The van der Waals surface area contributed by atoms with Gasteiger partial charge in [0.05, 0.1) is 24.7 Å². The Labute approximate surface area is 117 Å². The second kappa shape index (κ2) is 4.85. The summed E-state index contributed by atoms with van der Waals surface area (Å²) in [4.78, 5) is 8.49. The molecule has 3 aromatic rings. The fraction of sp³-hybridized carbons (Fsp3) is 0.200. The number of anilines is 1. The van der Waals surface area contributed by atoms with Gasteiger partial charge in [0.1, 0.15) is 5.75 Å². The number of imidazole rings is 1. The van der Waals surface area contributed by atoms with Crippen LogP contribution in [0.3, 0.4) is 0 Å². The van der Waals surface area contributed by atoms with Crippen molar-refractivity contribution in [1.82, 2.24) is 14.5 Å². The van der Waals surface area contributed by atoms with Gasteiger partial charge >= 0.3 is 0 Å². The molecule has 2 aromatic heterocycles. The molecule has 0 bridgehead atoms. The van der Waals surface area contributed by atoms with Crippen LogP contribution in [-0.2, 0) is 6.54 Å². The standard InChI is InChI=1S/C15H16N4O/c1-10-8-17-6-5-11(10)9-19-14-7-12(20-2)3-4-13(14)18-15(19)16/h3-8H,9H2,1-2H3,(H2,16,18).